The number of aromatic amines is 1. The van der Waals surface area contributed by atoms with E-state index in [0.29, 0.717) is 11.6 Å². The maximum atomic E-state index is 6.45. The minimum atomic E-state index is 0.710. The second-order valence-electron chi connectivity index (χ2n) is 5.77. The molecule has 0 unspecified atom stereocenters. The van der Waals surface area contributed by atoms with E-state index in [2.05, 4.69) is 33.0 Å². The standard InChI is InChI=1S/C19H20BrClN2O/c1-24-14-6-4-5-12(9-14)18-15(7-2-3-8-22)16-10-13(20)11-17(21)19(16)23-18/h4-6,9-11,23H,2-3,7-8,22H2,1H3. The van der Waals surface area contributed by atoms with Crippen molar-refractivity contribution in [3.8, 4) is 17.0 Å². The van der Waals surface area contributed by atoms with E-state index < -0.39 is 0 Å². The summed E-state index contributed by atoms with van der Waals surface area (Å²) in [5.41, 5.74) is 10.1. The molecule has 0 atom stereocenters. The molecule has 0 spiro atoms. The summed E-state index contributed by atoms with van der Waals surface area (Å²) in [7, 11) is 1.68. The summed E-state index contributed by atoms with van der Waals surface area (Å²) >= 11 is 10.00. The molecule has 3 aromatic rings. The highest BCUT2D eigenvalue weighted by Gasteiger charge is 2.16. The Morgan fingerprint density at radius 1 is 1.21 bits per heavy atom. The number of benzene rings is 2. The number of ether oxygens (including phenoxy) is 1. The van der Waals surface area contributed by atoms with Crippen molar-refractivity contribution in [2.75, 3.05) is 13.7 Å². The number of rotatable bonds is 6. The fourth-order valence-corrected chi connectivity index (χ4v) is 3.86. The van der Waals surface area contributed by atoms with E-state index in [1.165, 1.54) is 5.56 Å². The summed E-state index contributed by atoms with van der Waals surface area (Å²) in [5.74, 6) is 0.839. The predicted octanol–water partition coefficient (Wildman–Crippen LogP) is 5.54. The van der Waals surface area contributed by atoms with E-state index in [4.69, 9.17) is 22.1 Å². The summed E-state index contributed by atoms with van der Waals surface area (Å²) in [5, 5.41) is 1.87. The van der Waals surface area contributed by atoms with Gasteiger partial charge in [-0.05, 0) is 55.6 Å². The van der Waals surface area contributed by atoms with Crippen molar-refractivity contribution >= 4 is 38.4 Å². The van der Waals surface area contributed by atoms with Crippen molar-refractivity contribution in [1.29, 1.82) is 0 Å². The smallest absolute Gasteiger partial charge is 0.119 e. The number of halogens is 2. The monoisotopic (exact) mass is 406 g/mol. The second-order valence-corrected chi connectivity index (χ2v) is 7.09. The Kier molecular flexibility index (Phi) is 5.49. The first kappa shape index (κ1) is 17.3. The van der Waals surface area contributed by atoms with E-state index in [1.807, 2.05) is 24.3 Å². The second kappa shape index (κ2) is 7.60. The van der Waals surface area contributed by atoms with Gasteiger partial charge in [0, 0.05) is 21.1 Å². The first-order valence-corrected chi connectivity index (χ1v) is 9.15. The SMILES string of the molecule is COc1cccc(-c2[nH]c3c(Cl)cc(Br)cc3c2CCCCN)c1. The van der Waals surface area contributed by atoms with Crippen molar-refractivity contribution in [1.82, 2.24) is 4.98 Å². The molecule has 1 heterocycles. The van der Waals surface area contributed by atoms with Crippen LogP contribution >= 0.6 is 27.5 Å². The highest BCUT2D eigenvalue weighted by Crippen LogP contribution is 2.37. The Hall–Kier alpha value is -1.49. The van der Waals surface area contributed by atoms with Crippen LogP contribution in [0.25, 0.3) is 22.2 Å². The summed E-state index contributed by atoms with van der Waals surface area (Å²) in [6, 6.07) is 12.1. The lowest BCUT2D eigenvalue weighted by Crippen LogP contribution is -1.99. The molecular formula is C19H20BrClN2O. The molecule has 0 saturated heterocycles. The van der Waals surface area contributed by atoms with Gasteiger partial charge in [-0.3, -0.25) is 0 Å². The van der Waals surface area contributed by atoms with Gasteiger partial charge in [-0.15, -0.1) is 0 Å². The summed E-state index contributed by atoms with van der Waals surface area (Å²) in [4.78, 5) is 3.51. The summed E-state index contributed by atoms with van der Waals surface area (Å²) in [6.45, 7) is 0.710. The number of hydrogen-bond acceptors (Lipinski definition) is 2. The third kappa shape index (κ3) is 3.46. The van der Waals surface area contributed by atoms with Gasteiger partial charge >= 0.3 is 0 Å². The van der Waals surface area contributed by atoms with E-state index in [-0.39, 0.29) is 0 Å². The van der Waals surface area contributed by atoms with Crippen molar-refractivity contribution in [3.63, 3.8) is 0 Å². The van der Waals surface area contributed by atoms with Gasteiger partial charge < -0.3 is 15.5 Å². The molecule has 0 bridgehead atoms. The van der Waals surface area contributed by atoms with Crippen LogP contribution in [0.1, 0.15) is 18.4 Å². The molecule has 0 amide bonds. The topological polar surface area (TPSA) is 51.0 Å². The zero-order chi connectivity index (χ0) is 17.1. The minimum Gasteiger partial charge on any atom is -0.497 e. The summed E-state index contributed by atoms with van der Waals surface area (Å²) < 4.78 is 6.35. The maximum Gasteiger partial charge on any atom is 0.119 e. The van der Waals surface area contributed by atoms with Crippen LogP contribution < -0.4 is 10.5 Å². The number of nitrogens with one attached hydrogen (secondary N) is 1. The Morgan fingerprint density at radius 3 is 2.79 bits per heavy atom. The van der Waals surface area contributed by atoms with Gasteiger partial charge in [0.15, 0.2) is 0 Å². The lowest BCUT2D eigenvalue weighted by atomic mass is 10.00. The predicted molar refractivity (Wildman–Crippen MR) is 105 cm³/mol. The average molecular weight is 408 g/mol. The van der Waals surface area contributed by atoms with Gasteiger partial charge in [-0.25, -0.2) is 0 Å². The highest BCUT2D eigenvalue weighted by atomic mass is 79.9. The number of H-pyrrole nitrogens is 1. The Balaban J connectivity index is 2.17. The molecule has 24 heavy (non-hydrogen) atoms. The van der Waals surface area contributed by atoms with Crippen molar-refractivity contribution < 1.29 is 4.74 Å². The maximum absolute atomic E-state index is 6.45. The number of aryl methyl sites for hydroxylation is 1. The molecular weight excluding hydrogens is 388 g/mol. The zero-order valence-corrected chi connectivity index (χ0v) is 15.9. The normalized spacial score (nSPS) is 11.2. The Morgan fingerprint density at radius 2 is 2.04 bits per heavy atom. The lowest BCUT2D eigenvalue weighted by molar-refractivity contribution is 0.415. The first-order chi connectivity index (χ1) is 11.6. The molecule has 2 aromatic carbocycles. The molecule has 0 aliphatic heterocycles. The first-order valence-electron chi connectivity index (χ1n) is 7.98. The van der Waals surface area contributed by atoms with Crippen LogP contribution in [-0.4, -0.2) is 18.6 Å². The molecule has 3 nitrogen and oxygen atoms in total. The number of nitrogens with two attached hydrogens (primary N) is 1. The van der Waals surface area contributed by atoms with Gasteiger partial charge in [0.2, 0.25) is 0 Å². The van der Waals surface area contributed by atoms with Crippen molar-refractivity contribution in [2.45, 2.75) is 19.3 Å². The third-order valence-corrected chi connectivity index (χ3v) is 4.93. The minimum absolute atomic E-state index is 0.710. The number of unbranched alkanes of at least 4 members (excludes halogenated alkanes) is 1. The number of fused-ring (bicyclic) bond motifs is 1. The fourth-order valence-electron chi connectivity index (χ4n) is 3.00. The van der Waals surface area contributed by atoms with Crippen LogP contribution in [-0.2, 0) is 6.42 Å². The molecule has 1 aromatic heterocycles. The molecule has 0 aliphatic rings. The Bertz CT molecular complexity index is 860. The molecule has 0 aliphatic carbocycles. The van der Waals surface area contributed by atoms with Crippen LogP contribution in [0.2, 0.25) is 5.02 Å². The zero-order valence-electron chi connectivity index (χ0n) is 13.5. The van der Waals surface area contributed by atoms with Gasteiger partial charge in [-0.2, -0.15) is 0 Å². The Labute approximate surface area is 155 Å². The number of methoxy groups -OCH3 is 1. The number of hydrogen-bond donors (Lipinski definition) is 2. The van der Waals surface area contributed by atoms with E-state index >= 15 is 0 Å². The largest absolute Gasteiger partial charge is 0.497 e. The molecule has 3 rings (SSSR count). The van der Waals surface area contributed by atoms with Gasteiger partial charge in [0.25, 0.3) is 0 Å². The van der Waals surface area contributed by atoms with Crippen LogP contribution in [0, 0.1) is 0 Å². The quantitative estimate of drug-likeness (QED) is 0.527. The van der Waals surface area contributed by atoms with Gasteiger partial charge in [0.1, 0.15) is 5.75 Å². The van der Waals surface area contributed by atoms with Crippen LogP contribution in [0.3, 0.4) is 0 Å². The lowest BCUT2D eigenvalue weighted by Gasteiger charge is -2.07. The molecule has 0 fully saturated rings. The van der Waals surface area contributed by atoms with Crippen LogP contribution in [0.5, 0.6) is 5.75 Å². The summed E-state index contributed by atoms with van der Waals surface area (Å²) in [6.07, 6.45) is 3.01. The van der Waals surface area contributed by atoms with E-state index in [0.717, 1.165) is 51.6 Å². The molecule has 0 radical (unpaired) electrons. The van der Waals surface area contributed by atoms with Crippen molar-refractivity contribution in [3.05, 3.63) is 51.5 Å². The van der Waals surface area contributed by atoms with E-state index in [1.54, 1.807) is 7.11 Å². The molecule has 3 N–H and O–H groups in total. The fraction of sp³-hybridized carbons (Fsp3) is 0.263. The van der Waals surface area contributed by atoms with Crippen LogP contribution in [0.15, 0.2) is 40.9 Å². The number of aromatic nitrogens is 1. The van der Waals surface area contributed by atoms with Gasteiger partial charge in [-0.1, -0.05) is 39.7 Å². The van der Waals surface area contributed by atoms with Gasteiger partial charge in [0.05, 0.1) is 17.6 Å². The molecule has 126 valence electrons. The third-order valence-electron chi connectivity index (χ3n) is 4.17. The van der Waals surface area contributed by atoms with Crippen molar-refractivity contribution in [2.24, 2.45) is 5.73 Å². The van der Waals surface area contributed by atoms with Crippen LogP contribution in [0.4, 0.5) is 0 Å². The molecule has 5 heteroatoms. The highest BCUT2D eigenvalue weighted by molar-refractivity contribution is 9.10. The molecule has 0 saturated carbocycles. The van der Waals surface area contributed by atoms with E-state index in [9.17, 15) is 0 Å². The average Bonchev–Trinajstić information content (AvgIpc) is 2.94.